The second-order valence-corrected chi connectivity index (χ2v) is 9.42. The molecule has 3 N–H and O–H groups in total. The molecule has 2 heterocycles. The van der Waals surface area contributed by atoms with Gasteiger partial charge in [-0.05, 0) is 72.3 Å². The van der Waals surface area contributed by atoms with Crippen molar-refractivity contribution in [1.29, 1.82) is 0 Å². The molecular formula is C23H27BrClN3O2. The molecule has 4 rings (SSSR count). The Labute approximate surface area is 191 Å². The number of benzene rings is 2. The topological polar surface area (TPSA) is 67.6 Å². The minimum Gasteiger partial charge on any atom is -0.493 e. The molecule has 1 amide bonds. The number of halogens is 2. The van der Waals surface area contributed by atoms with Gasteiger partial charge in [0.1, 0.15) is 5.75 Å². The van der Waals surface area contributed by atoms with E-state index in [2.05, 4.69) is 32.2 Å². The maximum absolute atomic E-state index is 13.0. The minimum absolute atomic E-state index is 0.105. The Bertz CT molecular complexity index is 925. The van der Waals surface area contributed by atoms with Crippen LogP contribution >= 0.6 is 27.5 Å². The van der Waals surface area contributed by atoms with Crippen molar-refractivity contribution in [3.8, 4) is 5.75 Å². The summed E-state index contributed by atoms with van der Waals surface area (Å²) in [4.78, 5) is 15.6. The quantitative estimate of drug-likeness (QED) is 0.556. The highest BCUT2D eigenvalue weighted by atomic mass is 79.9. The Hall–Kier alpha value is -1.76. The van der Waals surface area contributed by atoms with E-state index in [0.717, 1.165) is 24.4 Å². The maximum Gasteiger partial charge on any atom is 0.255 e. The normalized spacial score (nSPS) is 23.4. The summed E-state index contributed by atoms with van der Waals surface area (Å²) in [7, 11) is 0. The van der Waals surface area contributed by atoms with Crippen molar-refractivity contribution in [2.75, 3.05) is 12.3 Å². The Morgan fingerprint density at radius 2 is 2.00 bits per heavy atom. The third-order valence-corrected chi connectivity index (χ3v) is 7.04. The lowest BCUT2D eigenvalue weighted by Crippen LogP contribution is -2.50. The van der Waals surface area contributed by atoms with Crippen molar-refractivity contribution >= 4 is 39.1 Å². The summed E-state index contributed by atoms with van der Waals surface area (Å²) < 4.78 is 6.35. The number of rotatable bonds is 6. The first kappa shape index (κ1) is 21.5. The lowest BCUT2D eigenvalue weighted by Gasteiger charge is -2.39. The molecule has 0 radical (unpaired) electrons. The van der Waals surface area contributed by atoms with Crippen LogP contribution in [0.2, 0.25) is 5.02 Å². The SMILES string of the molecule is CCOc1cc(N)c(Br)cc1C(=O)NC1CC2CCC(C1)N2Cc1cccc(Cl)c1. The predicted octanol–water partition coefficient (Wildman–Crippen LogP) is 5.01. The molecule has 2 aromatic rings. The van der Waals surface area contributed by atoms with Crippen LogP contribution in [-0.4, -0.2) is 35.5 Å². The van der Waals surface area contributed by atoms with Gasteiger partial charge in [0.2, 0.25) is 0 Å². The zero-order chi connectivity index (χ0) is 21.3. The largest absolute Gasteiger partial charge is 0.493 e. The molecule has 2 aromatic carbocycles. The molecular weight excluding hydrogens is 466 g/mol. The van der Waals surface area contributed by atoms with Crippen molar-refractivity contribution in [3.63, 3.8) is 0 Å². The number of nitrogen functional groups attached to an aromatic ring is 1. The average Bonchev–Trinajstić information content (AvgIpc) is 2.93. The lowest BCUT2D eigenvalue weighted by atomic mass is 9.96. The number of carbonyl (C=O) groups is 1. The van der Waals surface area contributed by atoms with E-state index >= 15 is 0 Å². The Morgan fingerprint density at radius 3 is 2.67 bits per heavy atom. The van der Waals surface area contributed by atoms with Gasteiger partial charge in [-0.15, -0.1) is 0 Å². The number of carbonyl (C=O) groups excluding carboxylic acids is 1. The van der Waals surface area contributed by atoms with Gasteiger partial charge < -0.3 is 15.8 Å². The predicted molar refractivity (Wildman–Crippen MR) is 124 cm³/mol. The van der Waals surface area contributed by atoms with E-state index in [4.69, 9.17) is 22.1 Å². The number of piperidine rings is 1. The van der Waals surface area contributed by atoms with Crippen LogP contribution in [0.3, 0.4) is 0 Å². The minimum atomic E-state index is -0.105. The van der Waals surface area contributed by atoms with Gasteiger partial charge in [-0.2, -0.15) is 0 Å². The molecule has 160 valence electrons. The van der Waals surface area contributed by atoms with Crippen LogP contribution in [0.25, 0.3) is 0 Å². The third-order valence-electron chi connectivity index (χ3n) is 6.12. The van der Waals surface area contributed by atoms with E-state index in [1.807, 2.05) is 25.1 Å². The highest BCUT2D eigenvalue weighted by Crippen LogP contribution is 2.37. The fraction of sp³-hybridized carbons (Fsp3) is 0.435. The summed E-state index contributed by atoms with van der Waals surface area (Å²) in [5, 5.41) is 4.03. The first-order chi connectivity index (χ1) is 14.4. The summed E-state index contributed by atoms with van der Waals surface area (Å²) in [5.41, 5.74) is 8.29. The number of anilines is 1. The Kier molecular flexibility index (Phi) is 6.56. The summed E-state index contributed by atoms with van der Waals surface area (Å²) in [6.07, 6.45) is 4.27. The lowest BCUT2D eigenvalue weighted by molar-refractivity contribution is 0.0825. The van der Waals surface area contributed by atoms with Crippen molar-refractivity contribution in [1.82, 2.24) is 10.2 Å². The number of ether oxygens (including phenoxy) is 1. The van der Waals surface area contributed by atoms with E-state index in [1.165, 1.54) is 18.4 Å². The summed E-state index contributed by atoms with van der Waals surface area (Å²) in [6, 6.07) is 12.7. The molecule has 2 aliphatic rings. The second kappa shape index (κ2) is 9.16. The van der Waals surface area contributed by atoms with Gasteiger partial charge in [0, 0.05) is 45.9 Å². The first-order valence-electron chi connectivity index (χ1n) is 10.5. The Morgan fingerprint density at radius 1 is 1.27 bits per heavy atom. The second-order valence-electron chi connectivity index (χ2n) is 8.13. The fourth-order valence-corrected chi connectivity index (χ4v) is 5.34. The zero-order valence-corrected chi connectivity index (χ0v) is 19.4. The highest BCUT2D eigenvalue weighted by Gasteiger charge is 2.41. The van der Waals surface area contributed by atoms with E-state index in [9.17, 15) is 4.79 Å². The molecule has 0 spiro atoms. The van der Waals surface area contributed by atoms with Gasteiger partial charge in [-0.25, -0.2) is 0 Å². The number of amides is 1. The summed E-state index contributed by atoms with van der Waals surface area (Å²) in [5.74, 6) is 0.420. The first-order valence-corrected chi connectivity index (χ1v) is 11.6. The molecule has 2 aliphatic heterocycles. The molecule has 2 atom stereocenters. The fourth-order valence-electron chi connectivity index (χ4n) is 4.78. The number of hydrogen-bond acceptors (Lipinski definition) is 4. The third kappa shape index (κ3) is 4.61. The molecule has 30 heavy (non-hydrogen) atoms. The van der Waals surface area contributed by atoms with Gasteiger partial charge in [-0.1, -0.05) is 23.7 Å². The van der Waals surface area contributed by atoms with Gasteiger partial charge >= 0.3 is 0 Å². The molecule has 0 aliphatic carbocycles. The van der Waals surface area contributed by atoms with Crippen LogP contribution in [0.15, 0.2) is 40.9 Å². The van der Waals surface area contributed by atoms with Crippen molar-refractivity contribution < 1.29 is 9.53 Å². The zero-order valence-electron chi connectivity index (χ0n) is 17.0. The van der Waals surface area contributed by atoms with Gasteiger partial charge in [0.15, 0.2) is 0 Å². The van der Waals surface area contributed by atoms with E-state index in [-0.39, 0.29) is 11.9 Å². The number of fused-ring (bicyclic) bond motifs is 2. The highest BCUT2D eigenvalue weighted by molar-refractivity contribution is 9.10. The summed E-state index contributed by atoms with van der Waals surface area (Å²) in [6.45, 7) is 3.29. The van der Waals surface area contributed by atoms with E-state index in [1.54, 1.807) is 12.1 Å². The molecule has 2 saturated heterocycles. The number of nitrogens with one attached hydrogen (secondary N) is 1. The maximum atomic E-state index is 13.0. The molecule has 2 fully saturated rings. The smallest absolute Gasteiger partial charge is 0.255 e. The number of nitrogens with two attached hydrogens (primary N) is 1. The molecule has 0 aromatic heterocycles. The molecule has 7 heteroatoms. The monoisotopic (exact) mass is 491 g/mol. The van der Waals surface area contributed by atoms with E-state index < -0.39 is 0 Å². The van der Waals surface area contributed by atoms with Crippen LogP contribution in [0.4, 0.5) is 5.69 Å². The van der Waals surface area contributed by atoms with Crippen LogP contribution < -0.4 is 15.8 Å². The van der Waals surface area contributed by atoms with Crippen LogP contribution in [0.5, 0.6) is 5.75 Å². The summed E-state index contributed by atoms with van der Waals surface area (Å²) >= 11 is 9.58. The van der Waals surface area contributed by atoms with E-state index in [0.29, 0.717) is 40.2 Å². The number of hydrogen-bond donors (Lipinski definition) is 2. The van der Waals surface area contributed by atoms with Crippen LogP contribution in [0, 0.1) is 0 Å². The average molecular weight is 493 g/mol. The molecule has 0 saturated carbocycles. The van der Waals surface area contributed by atoms with Gasteiger partial charge in [0.05, 0.1) is 12.2 Å². The van der Waals surface area contributed by atoms with Crippen molar-refractivity contribution in [3.05, 3.63) is 57.0 Å². The van der Waals surface area contributed by atoms with Gasteiger partial charge in [-0.3, -0.25) is 9.69 Å². The Balaban J connectivity index is 1.43. The molecule has 2 unspecified atom stereocenters. The van der Waals surface area contributed by atoms with Crippen molar-refractivity contribution in [2.45, 2.75) is 57.3 Å². The standard InChI is InChI=1S/C23H27BrClN3O2/c1-2-30-22-12-21(26)20(24)11-19(22)23(29)27-16-9-17-6-7-18(10-16)28(17)13-14-4-3-5-15(25)8-14/h3-5,8,11-12,16-18H,2,6-7,9-10,13,26H2,1H3,(H,27,29). The van der Waals surface area contributed by atoms with Gasteiger partial charge in [0.25, 0.3) is 5.91 Å². The molecule has 5 nitrogen and oxygen atoms in total. The number of nitrogens with zero attached hydrogens (tertiary/aromatic N) is 1. The van der Waals surface area contributed by atoms with Crippen LogP contribution in [-0.2, 0) is 6.54 Å². The molecule has 2 bridgehead atoms. The van der Waals surface area contributed by atoms with Crippen LogP contribution in [0.1, 0.15) is 48.5 Å². The van der Waals surface area contributed by atoms with Crippen molar-refractivity contribution in [2.24, 2.45) is 0 Å².